The quantitative estimate of drug-likeness (QED) is 0.0822. The zero-order valence-corrected chi connectivity index (χ0v) is 39.9. The van der Waals surface area contributed by atoms with Crippen molar-refractivity contribution in [2.45, 2.75) is 0 Å². The Morgan fingerprint density at radius 3 is 1.90 bits per heavy atom. The van der Waals surface area contributed by atoms with Crippen LogP contribution >= 0.6 is 11.3 Å². The Morgan fingerprint density at radius 1 is 0.458 bits per heavy atom. The maximum absolute atomic E-state index is 6.80. The van der Waals surface area contributed by atoms with Crippen LogP contribution in [0.4, 0.5) is 0 Å². The molecule has 0 saturated heterocycles. The van der Waals surface area contributed by atoms with Crippen molar-refractivity contribution in [1.29, 1.82) is 0 Å². The molecule has 0 aliphatic heterocycles. The molecular formula is C67H43N3OS. The minimum atomic E-state index is 0.575. The van der Waals surface area contributed by atoms with Crippen LogP contribution in [0, 0.1) is 0 Å². The number of aromatic nitrogens is 1. The van der Waals surface area contributed by atoms with Crippen LogP contribution in [-0.2, 0) is 0 Å². The minimum Gasteiger partial charge on any atom is -0.455 e. The largest absolute Gasteiger partial charge is 0.455 e. The van der Waals surface area contributed by atoms with Gasteiger partial charge in [-0.05, 0) is 81.4 Å². The highest BCUT2D eigenvalue weighted by atomic mass is 32.1. The standard InChI is InChI=1S/C67H43N3OS/c1-3-58(70-67(47-22-11-6-12-23-47)68-42(2)43-18-7-4-8-19-43)45-34-32-44(33-35-45)51-27-17-31-61-62(51)56-29-16-28-52(66(56)72-61)50-25-15-24-48(40-50)49-36-39-60-57(41-49)53-37-38-55-63(65(53)71-60)54-26-13-14-30-59(54)69-64(55)46-20-9-5-10-21-46/h3-41H,1-2H2/b68-67-,70-58+. The number of hydrogen-bond acceptors (Lipinski definition) is 4. The van der Waals surface area contributed by atoms with Crippen LogP contribution in [0.3, 0.4) is 0 Å². The van der Waals surface area contributed by atoms with E-state index in [4.69, 9.17) is 19.4 Å². The van der Waals surface area contributed by atoms with Crippen molar-refractivity contribution in [2.24, 2.45) is 9.98 Å². The monoisotopic (exact) mass is 937 g/mol. The second-order valence-electron chi connectivity index (χ2n) is 18.0. The van der Waals surface area contributed by atoms with Gasteiger partial charge in [-0.3, -0.25) is 0 Å². The van der Waals surface area contributed by atoms with Crippen LogP contribution in [0.1, 0.15) is 16.7 Å². The molecule has 3 heterocycles. The lowest BCUT2D eigenvalue weighted by molar-refractivity contribution is 0.673. The fourth-order valence-electron chi connectivity index (χ4n) is 10.2. The highest BCUT2D eigenvalue weighted by molar-refractivity contribution is 7.26. The molecule has 4 nitrogen and oxygen atoms in total. The van der Waals surface area contributed by atoms with Gasteiger partial charge >= 0.3 is 0 Å². The summed E-state index contributed by atoms with van der Waals surface area (Å²) in [6, 6.07) is 80.7. The summed E-state index contributed by atoms with van der Waals surface area (Å²) in [6.45, 7) is 8.44. The Kier molecular flexibility index (Phi) is 10.6. The smallest absolute Gasteiger partial charge is 0.160 e. The summed E-state index contributed by atoms with van der Waals surface area (Å²) in [7, 11) is 0. The van der Waals surface area contributed by atoms with Crippen molar-refractivity contribution < 1.29 is 4.42 Å². The number of furan rings is 1. The van der Waals surface area contributed by atoms with E-state index in [-0.39, 0.29) is 0 Å². The number of rotatable bonds is 9. The molecule has 0 bridgehead atoms. The molecule has 0 N–H and O–H groups in total. The average Bonchev–Trinajstić information content (AvgIpc) is 4.03. The van der Waals surface area contributed by atoms with E-state index < -0.39 is 0 Å². The van der Waals surface area contributed by atoms with Crippen molar-refractivity contribution in [1.82, 2.24) is 4.98 Å². The van der Waals surface area contributed by atoms with Gasteiger partial charge in [0.05, 0.1) is 22.6 Å². The van der Waals surface area contributed by atoms with Gasteiger partial charge in [0.2, 0.25) is 0 Å². The Balaban J connectivity index is 0.851. The van der Waals surface area contributed by atoms with E-state index in [1.807, 2.05) is 78.1 Å². The van der Waals surface area contributed by atoms with Gasteiger partial charge in [-0.25, -0.2) is 15.0 Å². The molecule has 0 aliphatic carbocycles. The van der Waals surface area contributed by atoms with E-state index in [2.05, 4.69) is 177 Å². The molecule has 5 heteroatoms. The fraction of sp³-hybridized carbons (Fsp3) is 0. The predicted octanol–water partition coefficient (Wildman–Crippen LogP) is 18.4. The van der Waals surface area contributed by atoms with Gasteiger partial charge in [-0.1, -0.05) is 207 Å². The summed E-state index contributed by atoms with van der Waals surface area (Å²) >= 11 is 1.85. The summed E-state index contributed by atoms with van der Waals surface area (Å²) < 4.78 is 9.31. The van der Waals surface area contributed by atoms with E-state index in [0.29, 0.717) is 11.5 Å². The third-order valence-electron chi connectivity index (χ3n) is 13.7. The van der Waals surface area contributed by atoms with Crippen LogP contribution < -0.4 is 0 Å². The number of thiophene rings is 1. The minimum absolute atomic E-state index is 0.575. The molecule has 10 aromatic carbocycles. The maximum atomic E-state index is 6.80. The van der Waals surface area contributed by atoms with Crippen LogP contribution in [0.5, 0.6) is 0 Å². The van der Waals surface area contributed by atoms with Crippen molar-refractivity contribution in [3.8, 4) is 44.6 Å². The Labute approximate surface area is 420 Å². The molecule has 0 radical (unpaired) electrons. The van der Waals surface area contributed by atoms with Gasteiger partial charge < -0.3 is 4.42 Å². The number of benzene rings is 10. The van der Waals surface area contributed by atoms with E-state index in [1.165, 1.54) is 36.9 Å². The van der Waals surface area contributed by atoms with Crippen LogP contribution in [0.15, 0.2) is 264 Å². The Morgan fingerprint density at radius 2 is 1.10 bits per heavy atom. The fourth-order valence-corrected chi connectivity index (χ4v) is 11.4. The van der Waals surface area contributed by atoms with Gasteiger partial charge in [-0.2, -0.15) is 0 Å². The van der Waals surface area contributed by atoms with Gasteiger partial charge in [0.25, 0.3) is 0 Å². The number of allylic oxidation sites excluding steroid dienone is 1. The van der Waals surface area contributed by atoms with Crippen LogP contribution in [0.2, 0.25) is 0 Å². The highest BCUT2D eigenvalue weighted by Crippen LogP contribution is 2.45. The van der Waals surface area contributed by atoms with Crippen LogP contribution in [-0.4, -0.2) is 16.5 Å². The van der Waals surface area contributed by atoms with Crippen molar-refractivity contribution in [3.05, 3.63) is 266 Å². The first-order valence-electron chi connectivity index (χ1n) is 24.0. The van der Waals surface area contributed by atoms with Gasteiger partial charge in [0, 0.05) is 63.8 Å². The molecule has 338 valence electrons. The number of para-hydroxylation sites is 1. The van der Waals surface area contributed by atoms with Gasteiger partial charge in [0.1, 0.15) is 11.2 Å². The number of aliphatic imine (C=N–C) groups is 2. The molecule has 0 amide bonds. The average molecular weight is 938 g/mol. The second kappa shape index (κ2) is 17.9. The molecule has 3 aromatic heterocycles. The molecule has 72 heavy (non-hydrogen) atoms. The lowest BCUT2D eigenvalue weighted by atomic mass is 9.95. The normalized spacial score (nSPS) is 12.2. The summed E-state index contributed by atoms with van der Waals surface area (Å²) in [6.07, 6.45) is 1.79. The molecule has 0 atom stereocenters. The molecule has 13 aromatic rings. The Hall–Kier alpha value is -9.29. The van der Waals surface area contributed by atoms with E-state index >= 15 is 0 Å². The van der Waals surface area contributed by atoms with Crippen LogP contribution in [0.25, 0.3) is 114 Å². The van der Waals surface area contributed by atoms with Crippen molar-refractivity contribution in [3.63, 3.8) is 0 Å². The first-order chi connectivity index (χ1) is 35.6. The number of amidine groups is 1. The summed E-state index contributed by atoms with van der Waals surface area (Å²) in [5.41, 5.74) is 15.9. The number of nitrogens with zero attached hydrogens (tertiary/aromatic N) is 3. The lowest BCUT2D eigenvalue weighted by Gasteiger charge is -2.10. The summed E-state index contributed by atoms with van der Waals surface area (Å²) in [4.78, 5) is 15.2. The number of fused-ring (bicyclic) bond motifs is 10. The first kappa shape index (κ1) is 42.8. The van der Waals surface area contributed by atoms with E-state index in [9.17, 15) is 0 Å². The number of pyridine rings is 1. The van der Waals surface area contributed by atoms with E-state index in [0.717, 1.165) is 94.0 Å². The highest BCUT2D eigenvalue weighted by Gasteiger charge is 2.19. The summed E-state index contributed by atoms with van der Waals surface area (Å²) in [5, 5.41) is 7.92. The third-order valence-corrected chi connectivity index (χ3v) is 14.9. The zero-order valence-electron chi connectivity index (χ0n) is 39.1. The van der Waals surface area contributed by atoms with E-state index in [1.54, 1.807) is 6.08 Å². The molecule has 0 fully saturated rings. The number of hydrogen-bond donors (Lipinski definition) is 0. The SMILES string of the molecule is C=C/C(=N\C(=N/C(=C)c1ccccc1)c1ccccc1)c1ccc(-c2cccc3sc4c(-c5cccc(-c6ccc7oc8c(ccc9c(-c%10ccccc%10)nc%10ccccc%10c98)c7c6)c5)cccc4c23)cc1. The van der Waals surface area contributed by atoms with Crippen molar-refractivity contribution >= 4 is 92.4 Å². The maximum Gasteiger partial charge on any atom is 0.160 e. The summed E-state index contributed by atoms with van der Waals surface area (Å²) in [5.74, 6) is 0.575. The zero-order chi connectivity index (χ0) is 48.1. The second-order valence-corrected chi connectivity index (χ2v) is 19.0. The van der Waals surface area contributed by atoms with Crippen molar-refractivity contribution in [2.75, 3.05) is 0 Å². The molecule has 0 unspecified atom stereocenters. The lowest BCUT2D eigenvalue weighted by Crippen LogP contribution is -2.05. The first-order valence-corrected chi connectivity index (χ1v) is 24.9. The Bertz CT molecular complexity index is 4340. The van der Waals surface area contributed by atoms with Gasteiger partial charge in [-0.15, -0.1) is 11.3 Å². The molecule has 0 spiro atoms. The van der Waals surface area contributed by atoms with Gasteiger partial charge in [0.15, 0.2) is 5.84 Å². The molecule has 0 saturated carbocycles. The predicted molar refractivity (Wildman–Crippen MR) is 306 cm³/mol. The third kappa shape index (κ3) is 7.52. The topological polar surface area (TPSA) is 50.8 Å². The molecular weight excluding hydrogens is 895 g/mol. The molecule has 0 aliphatic rings. The molecule has 13 rings (SSSR count).